The summed E-state index contributed by atoms with van der Waals surface area (Å²) in [6.07, 6.45) is 26.7. The summed E-state index contributed by atoms with van der Waals surface area (Å²) in [6.45, 7) is 3.12. The predicted molar refractivity (Wildman–Crippen MR) is 99.4 cm³/mol. The van der Waals surface area contributed by atoms with Crippen LogP contribution in [0, 0.1) is 0 Å². The van der Waals surface area contributed by atoms with Gasteiger partial charge in [0.2, 0.25) is 0 Å². The summed E-state index contributed by atoms with van der Waals surface area (Å²) in [5, 5.41) is 0. The smallest absolute Gasteiger partial charge is 0.198 e. The fraction of sp³-hybridized carbons (Fsp3) is 0.810. The lowest BCUT2D eigenvalue weighted by Gasteiger charge is -2.21. The van der Waals surface area contributed by atoms with E-state index in [0.717, 1.165) is 13.0 Å². The van der Waals surface area contributed by atoms with Crippen molar-refractivity contribution < 1.29 is 9.47 Å². The molecule has 2 nitrogen and oxygen atoms in total. The summed E-state index contributed by atoms with van der Waals surface area (Å²) in [4.78, 5) is 0. The van der Waals surface area contributed by atoms with Crippen LogP contribution in [0.1, 0.15) is 96.8 Å². The zero-order valence-electron chi connectivity index (χ0n) is 15.3. The van der Waals surface area contributed by atoms with Crippen molar-refractivity contribution in [3.05, 3.63) is 24.5 Å². The SMILES string of the molecule is CCCCCCCCCCCCC=CC=COC1CCCCO1. The van der Waals surface area contributed by atoms with E-state index >= 15 is 0 Å². The van der Waals surface area contributed by atoms with Gasteiger partial charge in [-0.15, -0.1) is 0 Å². The Kier molecular flexibility index (Phi) is 14.2. The molecule has 0 spiro atoms. The first-order chi connectivity index (χ1) is 11.4. The quantitative estimate of drug-likeness (QED) is 0.196. The molecule has 1 aliphatic heterocycles. The molecule has 0 bridgehead atoms. The van der Waals surface area contributed by atoms with E-state index in [4.69, 9.17) is 9.47 Å². The lowest BCUT2D eigenvalue weighted by atomic mass is 10.1. The van der Waals surface area contributed by atoms with Crippen LogP contribution in [0.2, 0.25) is 0 Å². The highest BCUT2D eigenvalue weighted by Gasteiger charge is 2.12. The Morgan fingerprint density at radius 3 is 2.22 bits per heavy atom. The molecule has 0 radical (unpaired) electrons. The highest BCUT2D eigenvalue weighted by Crippen LogP contribution is 2.14. The van der Waals surface area contributed by atoms with Gasteiger partial charge in [-0.3, -0.25) is 0 Å². The Hall–Kier alpha value is -0.760. The molecule has 1 saturated heterocycles. The minimum absolute atomic E-state index is 0.0182. The topological polar surface area (TPSA) is 18.5 Å². The van der Waals surface area contributed by atoms with Crippen molar-refractivity contribution in [3.8, 4) is 0 Å². The third-order valence-electron chi connectivity index (χ3n) is 4.42. The number of hydrogen-bond donors (Lipinski definition) is 0. The summed E-state index contributed by atoms with van der Waals surface area (Å²) in [5.74, 6) is 0. The zero-order valence-corrected chi connectivity index (χ0v) is 15.3. The van der Waals surface area contributed by atoms with Crippen LogP contribution in [0.3, 0.4) is 0 Å². The van der Waals surface area contributed by atoms with Crippen LogP contribution in [0.5, 0.6) is 0 Å². The predicted octanol–water partition coefficient (Wildman–Crippen LogP) is 6.91. The molecule has 1 atom stereocenters. The van der Waals surface area contributed by atoms with Crippen molar-refractivity contribution in [2.24, 2.45) is 0 Å². The van der Waals surface area contributed by atoms with E-state index < -0.39 is 0 Å². The van der Waals surface area contributed by atoms with Gasteiger partial charge in [-0.05, 0) is 31.8 Å². The van der Waals surface area contributed by atoms with Crippen molar-refractivity contribution in [1.29, 1.82) is 0 Å². The van der Waals surface area contributed by atoms with E-state index in [1.54, 1.807) is 6.26 Å². The van der Waals surface area contributed by atoms with Crippen molar-refractivity contribution in [2.75, 3.05) is 6.61 Å². The molecule has 1 heterocycles. The molecule has 0 amide bonds. The molecule has 0 aliphatic carbocycles. The van der Waals surface area contributed by atoms with E-state index in [2.05, 4.69) is 19.1 Å². The number of unbranched alkanes of at least 4 members (excludes halogenated alkanes) is 10. The maximum absolute atomic E-state index is 5.54. The third kappa shape index (κ3) is 13.4. The number of rotatable bonds is 14. The minimum atomic E-state index is -0.0182. The van der Waals surface area contributed by atoms with Crippen LogP contribution in [-0.2, 0) is 9.47 Å². The molecule has 0 saturated carbocycles. The van der Waals surface area contributed by atoms with Gasteiger partial charge in [0, 0.05) is 6.42 Å². The van der Waals surface area contributed by atoms with Gasteiger partial charge in [-0.2, -0.15) is 0 Å². The van der Waals surface area contributed by atoms with Crippen LogP contribution in [0.4, 0.5) is 0 Å². The second-order valence-electron chi connectivity index (χ2n) is 6.66. The molecule has 1 aliphatic rings. The fourth-order valence-corrected chi connectivity index (χ4v) is 2.92. The zero-order chi connectivity index (χ0) is 16.4. The molecule has 0 aromatic heterocycles. The van der Waals surface area contributed by atoms with Gasteiger partial charge in [0.15, 0.2) is 6.29 Å². The summed E-state index contributed by atoms with van der Waals surface area (Å²) < 4.78 is 11.0. The first-order valence-corrected chi connectivity index (χ1v) is 10.0. The summed E-state index contributed by atoms with van der Waals surface area (Å²) in [5.41, 5.74) is 0. The Balaban J connectivity index is 1.79. The van der Waals surface area contributed by atoms with Crippen LogP contribution in [-0.4, -0.2) is 12.9 Å². The Labute approximate surface area is 144 Å². The maximum atomic E-state index is 5.54. The third-order valence-corrected chi connectivity index (χ3v) is 4.42. The first kappa shape index (κ1) is 20.3. The van der Waals surface area contributed by atoms with E-state index in [-0.39, 0.29) is 6.29 Å². The van der Waals surface area contributed by atoms with E-state index in [9.17, 15) is 0 Å². The normalized spacial score (nSPS) is 18.9. The average molecular weight is 323 g/mol. The Bertz CT molecular complexity index is 290. The van der Waals surface area contributed by atoms with E-state index in [0.29, 0.717) is 0 Å². The number of hydrogen-bond acceptors (Lipinski definition) is 2. The van der Waals surface area contributed by atoms with Gasteiger partial charge in [0.05, 0.1) is 12.9 Å². The number of allylic oxidation sites excluding steroid dienone is 3. The van der Waals surface area contributed by atoms with E-state index in [1.807, 2.05) is 6.08 Å². The minimum Gasteiger partial charge on any atom is -0.473 e. The lowest BCUT2D eigenvalue weighted by molar-refractivity contribution is -0.129. The van der Waals surface area contributed by atoms with Crippen molar-refractivity contribution in [3.63, 3.8) is 0 Å². The van der Waals surface area contributed by atoms with Crippen LogP contribution < -0.4 is 0 Å². The largest absolute Gasteiger partial charge is 0.473 e. The molecular formula is C21H38O2. The molecule has 0 aromatic rings. The van der Waals surface area contributed by atoms with Crippen LogP contribution in [0.15, 0.2) is 24.5 Å². The summed E-state index contributed by atoms with van der Waals surface area (Å²) in [7, 11) is 0. The summed E-state index contributed by atoms with van der Waals surface area (Å²) in [6, 6.07) is 0. The van der Waals surface area contributed by atoms with Crippen LogP contribution in [0.25, 0.3) is 0 Å². The summed E-state index contributed by atoms with van der Waals surface area (Å²) >= 11 is 0. The van der Waals surface area contributed by atoms with Crippen molar-refractivity contribution in [2.45, 2.75) is 103 Å². The highest BCUT2D eigenvalue weighted by atomic mass is 16.7. The fourth-order valence-electron chi connectivity index (χ4n) is 2.92. The Morgan fingerprint density at radius 2 is 1.57 bits per heavy atom. The molecule has 134 valence electrons. The molecule has 0 N–H and O–H groups in total. The standard InChI is InChI=1S/C21H38O2/c1-2-3-4-5-6-7-8-9-10-11-12-13-14-16-19-22-21-18-15-17-20-23-21/h13-14,16,19,21H,2-12,15,17-18,20H2,1H3. The lowest BCUT2D eigenvalue weighted by Crippen LogP contribution is -2.19. The Morgan fingerprint density at radius 1 is 0.870 bits per heavy atom. The molecule has 1 unspecified atom stereocenters. The monoisotopic (exact) mass is 322 g/mol. The molecule has 23 heavy (non-hydrogen) atoms. The molecular weight excluding hydrogens is 284 g/mol. The molecule has 0 aromatic carbocycles. The molecule has 1 fully saturated rings. The van der Waals surface area contributed by atoms with Gasteiger partial charge in [-0.25, -0.2) is 0 Å². The second kappa shape index (κ2) is 16.1. The maximum Gasteiger partial charge on any atom is 0.198 e. The van der Waals surface area contributed by atoms with Gasteiger partial charge >= 0.3 is 0 Å². The molecule has 2 heteroatoms. The number of ether oxygens (including phenoxy) is 2. The van der Waals surface area contributed by atoms with Gasteiger partial charge in [-0.1, -0.05) is 76.9 Å². The molecule has 1 rings (SSSR count). The first-order valence-electron chi connectivity index (χ1n) is 10.0. The van der Waals surface area contributed by atoms with Gasteiger partial charge in [0.25, 0.3) is 0 Å². The average Bonchev–Trinajstić information content (AvgIpc) is 2.59. The van der Waals surface area contributed by atoms with Crippen molar-refractivity contribution >= 4 is 0 Å². The van der Waals surface area contributed by atoms with Crippen molar-refractivity contribution in [1.82, 2.24) is 0 Å². The second-order valence-corrected chi connectivity index (χ2v) is 6.66. The van der Waals surface area contributed by atoms with Gasteiger partial charge < -0.3 is 9.47 Å². The highest BCUT2D eigenvalue weighted by molar-refractivity contribution is 4.99. The van der Waals surface area contributed by atoms with Gasteiger partial charge in [0.1, 0.15) is 0 Å². The van der Waals surface area contributed by atoms with Crippen LogP contribution >= 0.6 is 0 Å². The van der Waals surface area contributed by atoms with E-state index in [1.165, 1.54) is 83.5 Å².